The lowest BCUT2D eigenvalue weighted by molar-refractivity contribution is -0.131. The average molecular weight is 708 g/mol. The van der Waals surface area contributed by atoms with Crippen LogP contribution in [-0.2, 0) is 4.79 Å². The Morgan fingerprint density at radius 2 is 0.760 bits per heavy atom. The monoisotopic (exact) mass is 708 g/mol. The molecule has 0 fully saturated rings. The third kappa shape index (κ3) is 35.5. The number of unbranched alkanes of at least 4 members (excludes halogenated alkanes) is 31. The Morgan fingerprint density at radius 1 is 0.460 bits per heavy atom. The first-order valence-electron chi connectivity index (χ1n) is 22.5. The van der Waals surface area contributed by atoms with Gasteiger partial charge in [0.1, 0.15) is 6.10 Å². The van der Waals surface area contributed by atoms with Crippen molar-refractivity contribution in [2.45, 2.75) is 263 Å². The van der Waals surface area contributed by atoms with E-state index < -0.39 is 24.2 Å². The summed E-state index contributed by atoms with van der Waals surface area (Å²) in [5.41, 5.74) is 0. The van der Waals surface area contributed by atoms with Gasteiger partial charge in [0.2, 0.25) is 5.91 Å². The van der Waals surface area contributed by atoms with Gasteiger partial charge in [0.05, 0.1) is 18.8 Å². The van der Waals surface area contributed by atoms with Crippen molar-refractivity contribution >= 4 is 5.91 Å². The summed E-state index contributed by atoms with van der Waals surface area (Å²) in [6.07, 6.45) is 47.8. The van der Waals surface area contributed by atoms with E-state index in [2.05, 4.69) is 31.3 Å². The largest absolute Gasteiger partial charge is 0.394 e. The molecule has 0 aromatic carbocycles. The lowest BCUT2D eigenvalue weighted by Crippen LogP contribution is -2.49. The molecule has 1 amide bonds. The Kier molecular flexibility index (Phi) is 40.1. The highest BCUT2D eigenvalue weighted by Gasteiger charge is 2.23. The van der Waals surface area contributed by atoms with Crippen LogP contribution in [0.1, 0.15) is 245 Å². The van der Waals surface area contributed by atoms with Gasteiger partial charge in [0.25, 0.3) is 0 Å². The van der Waals surface area contributed by atoms with Gasteiger partial charge in [-0.1, -0.05) is 219 Å². The van der Waals surface area contributed by atoms with Crippen LogP contribution < -0.4 is 5.32 Å². The molecule has 0 spiro atoms. The Labute approximate surface area is 312 Å². The maximum atomic E-state index is 12.5. The van der Waals surface area contributed by atoms with Gasteiger partial charge in [-0.15, -0.1) is 0 Å². The summed E-state index contributed by atoms with van der Waals surface area (Å²) < 4.78 is 0. The Hall–Kier alpha value is -0.910. The van der Waals surface area contributed by atoms with Crippen LogP contribution in [0.5, 0.6) is 0 Å². The maximum Gasteiger partial charge on any atom is 0.249 e. The third-order valence-electron chi connectivity index (χ3n) is 10.6. The van der Waals surface area contributed by atoms with Gasteiger partial charge in [0, 0.05) is 0 Å². The number of aliphatic hydroxyl groups is 3. The van der Waals surface area contributed by atoms with Crippen LogP contribution in [0.4, 0.5) is 0 Å². The second-order valence-corrected chi connectivity index (χ2v) is 15.6. The topological polar surface area (TPSA) is 89.8 Å². The minimum atomic E-state index is -1.08. The molecule has 4 N–H and O–H groups in total. The number of allylic oxidation sites excluding steroid dienone is 2. The highest BCUT2D eigenvalue weighted by Crippen LogP contribution is 2.16. The van der Waals surface area contributed by atoms with E-state index in [1.54, 1.807) is 0 Å². The van der Waals surface area contributed by atoms with Crippen molar-refractivity contribution in [1.29, 1.82) is 0 Å². The van der Waals surface area contributed by atoms with Gasteiger partial charge in [-0.2, -0.15) is 0 Å². The zero-order valence-electron chi connectivity index (χ0n) is 33.8. The fourth-order valence-electron chi connectivity index (χ4n) is 7.07. The molecule has 5 nitrogen and oxygen atoms in total. The number of amides is 1. The average Bonchev–Trinajstić information content (AvgIpc) is 3.12. The molecule has 0 aliphatic carbocycles. The van der Waals surface area contributed by atoms with Crippen molar-refractivity contribution in [2.75, 3.05) is 6.61 Å². The summed E-state index contributed by atoms with van der Waals surface area (Å²) in [5, 5.41) is 33.3. The van der Waals surface area contributed by atoms with E-state index in [4.69, 9.17) is 0 Å². The Balaban J connectivity index is 3.61. The van der Waals surface area contributed by atoms with Crippen LogP contribution in [0.25, 0.3) is 0 Å². The zero-order valence-corrected chi connectivity index (χ0v) is 33.8. The van der Waals surface area contributed by atoms with Crippen LogP contribution >= 0.6 is 0 Å². The first-order chi connectivity index (χ1) is 24.6. The van der Waals surface area contributed by atoms with Gasteiger partial charge in [-0.25, -0.2) is 0 Å². The molecule has 0 saturated carbocycles. The smallest absolute Gasteiger partial charge is 0.249 e. The molecule has 3 atom stereocenters. The first kappa shape index (κ1) is 49.1. The molecule has 298 valence electrons. The quantitative estimate of drug-likeness (QED) is 0.0376. The lowest BCUT2D eigenvalue weighted by Gasteiger charge is -2.23. The van der Waals surface area contributed by atoms with Crippen LogP contribution in [0.3, 0.4) is 0 Å². The fraction of sp³-hybridized carbons (Fsp3) is 0.933. The number of nitrogens with one attached hydrogen (secondary N) is 1. The van der Waals surface area contributed by atoms with Crippen molar-refractivity contribution in [1.82, 2.24) is 5.32 Å². The molecule has 50 heavy (non-hydrogen) atoms. The third-order valence-corrected chi connectivity index (χ3v) is 10.6. The minimum absolute atomic E-state index is 0.312. The molecule has 0 aliphatic heterocycles. The van der Waals surface area contributed by atoms with Gasteiger partial charge in [-0.3, -0.25) is 4.79 Å². The van der Waals surface area contributed by atoms with Crippen LogP contribution in [-0.4, -0.2) is 46.1 Å². The van der Waals surface area contributed by atoms with Crippen molar-refractivity contribution < 1.29 is 20.1 Å². The molecular weight excluding hydrogens is 618 g/mol. The molecule has 0 radical (unpaired) electrons. The van der Waals surface area contributed by atoms with Crippen molar-refractivity contribution in [3.05, 3.63) is 12.2 Å². The van der Waals surface area contributed by atoms with Crippen molar-refractivity contribution in [2.24, 2.45) is 0 Å². The predicted octanol–water partition coefficient (Wildman–Crippen LogP) is 12.8. The van der Waals surface area contributed by atoms with E-state index in [0.717, 1.165) is 32.1 Å². The van der Waals surface area contributed by atoms with Crippen LogP contribution in [0, 0.1) is 0 Å². The molecule has 0 aromatic rings. The molecule has 0 rings (SSSR count). The van der Waals surface area contributed by atoms with Crippen LogP contribution in [0.2, 0.25) is 0 Å². The summed E-state index contributed by atoms with van der Waals surface area (Å²) in [4.78, 5) is 12.5. The molecule has 0 bridgehead atoms. The number of aliphatic hydroxyl groups excluding tert-OH is 3. The molecular formula is C45H89NO4. The number of rotatable bonds is 41. The molecule has 0 saturated heterocycles. The van der Waals surface area contributed by atoms with Crippen molar-refractivity contribution in [3.63, 3.8) is 0 Å². The highest BCUT2D eigenvalue weighted by atomic mass is 16.3. The van der Waals surface area contributed by atoms with E-state index in [0.29, 0.717) is 12.8 Å². The standard InChI is InChI=1S/C45H89NO4/c1-3-5-7-9-11-13-15-17-19-21-22-24-26-28-30-32-34-36-38-40-44(49)45(50)46-42(41-47)43(48)39-37-35-33-31-29-27-25-23-20-18-16-14-12-10-8-6-4-2/h22,24,42-44,47-49H,3-21,23,25-41H2,1-2H3,(H,46,50)/b24-22-. The number of carbonyl (C=O) groups is 1. The molecule has 0 aromatic heterocycles. The fourth-order valence-corrected chi connectivity index (χ4v) is 7.07. The summed E-state index contributed by atoms with van der Waals surface area (Å²) in [7, 11) is 0. The van der Waals surface area contributed by atoms with Gasteiger partial charge in [0.15, 0.2) is 0 Å². The molecule has 5 heteroatoms. The zero-order chi connectivity index (χ0) is 36.6. The second kappa shape index (κ2) is 40.9. The van der Waals surface area contributed by atoms with Crippen molar-refractivity contribution in [3.8, 4) is 0 Å². The summed E-state index contributed by atoms with van der Waals surface area (Å²) in [6.45, 7) is 4.24. The van der Waals surface area contributed by atoms with E-state index in [1.165, 1.54) is 186 Å². The van der Waals surface area contributed by atoms with E-state index in [-0.39, 0.29) is 6.61 Å². The molecule has 3 unspecified atom stereocenters. The first-order valence-corrected chi connectivity index (χ1v) is 22.5. The van der Waals surface area contributed by atoms with E-state index in [9.17, 15) is 20.1 Å². The summed E-state index contributed by atoms with van der Waals surface area (Å²) >= 11 is 0. The Bertz CT molecular complexity index is 699. The maximum absolute atomic E-state index is 12.5. The van der Waals surface area contributed by atoms with Crippen LogP contribution in [0.15, 0.2) is 12.2 Å². The highest BCUT2D eigenvalue weighted by molar-refractivity contribution is 5.80. The Morgan fingerprint density at radius 3 is 1.10 bits per heavy atom. The predicted molar refractivity (Wildman–Crippen MR) is 218 cm³/mol. The van der Waals surface area contributed by atoms with Gasteiger partial charge in [-0.05, 0) is 38.5 Å². The molecule has 0 heterocycles. The SMILES string of the molecule is CCCCCCCCCCC/C=C\CCCCCCCCC(O)C(=O)NC(CO)C(O)CCCCCCCCCCCCCCCCCCC. The second-order valence-electron chi connectivity index (χ2n) is 15.6. The number of hydrogen-bond acceptors (Lipinski definition) is 4. The number of carbonyl (C=O) groups excluding carboxylic acids is 1. The minimum Gasteiger partial charge on any atom is -0.394 e. The molecule has 0 aliphatic rings. The van der Waals surface area contributed by atoms with E-state index in [1.807, 2.05) is 0 Å². The summed E-state index contributed by atoms with van der Waals surface area (Å²) in [5.74, 6) is -0.472. The van der Waals surface area contributed by atoms with Gasteiger partial charge < -0.3 is 20.6 Å². The lowest BCUT2D eigenvalue weighted by atomic mass is 10.0. The van der Waals surface area contributed by atoms with Gasteiger partial charge >= 0.3 is 0 Å². The van der Waals surface area contributed by atoms with E-state index >= 15 is 0 Å². The normalized spacial score (nSPS) is 13.6. The summed E-state index contributed by atoms with van der Waals surface area (Å²) in [6, 6.07) is -0.711. The number of hydrogen-bond donors (Lipinski definition) is 4.